The van der Waals surface area contributed by atoms with Gasteiger partial charge < -0.3 is 14.3 Å². The molecular formula is C25H24N6O5. The molecule has 0 radical (unpaired) electrons. The van der Waals surface area contributed by atoms with E-state index < -0.39 is 6.04 Å². The van der Waals surface area contributed by atoms with E-state index in [2.05, 4.69) is 20.6 Å². The summed E-state index contributed by atoms with van der Waals surface area (Å²) in [6, 6.07) is 16.9. The van der Waals surface area contributed by atoms with Crippen LogP contribution in [-0.4, -0.2) is 70.1 Å². The molecule has 5 rings (SSSR count). The molecule has 2 saturated heterocycles. The maximum atomic E-state index is 13.5. The van der Waals surface area contributed by atoms with Crippen molar-refractivity contribution in [2.45, 2.75) is 19.0 Å². The number of carbonyl (C=O) groups excluding carboxylic acids is 3. The minimum atomic E-state index is -0.496. The summed E-state index contributed by atoms with van der Waals surface area (Å²) < 4.78 is 5.39. The topological polar surface area (TPSA) is 130 Å². The summed E-state index contributed by atoms with van der Waals surface area (Å²) in [4.78, 5) is 49.4. The van der Waals surface area contributed by atoms with Crippen LogP contribution in [0.3, 0.4) is 0 Å². The molecule has 2 fully saturated rings. The van der Waals surface area contributed by atoms with Crippen LogP contribution in [0.15, 0.2) is 64.3 Å². The van der Waals surface area contributed by atoms with Gasteiger partial charge in [-0.15, -0.1) is 0 Å². The number of likely N-dealkylation sites (tertiary alicyclic amines) is 1. The molecule has 3 amide bonds. The van der Waals surface area contributed by atoms with Gasteiger partial charge in [0.1, 0.15) is 13.2 Å². The normalized spacial score (nSPS) is 19.5. The molecule has 11 nitrogen and oxygen atoms in total. The van der Waals surface area contributed by atoms with Crippen molar-refractivity contribution in [2.24, 2.45) is 5.16 Å². The lowest BCUT2D eigenvalue weighted by Crippen LogP contribution is -2.50. The van der Waals surface area contributed by atoms with E-state index in [1.54, 1.807) is 21.9 Å². The summed E-state index contributed by atoms with van der Waals surface area (Å²) in [6.45, 7) is 0.525. The molecule has 3 aromatic rings. The van der Waals surface area contributed by atoms with E-state index in [4.69, 9.17) is 9.36 Å². The summed E-state index contributed by atoms with van der Waals surface area (Å²) in [5.74, 6) is -0.363. The fraction of sp³-hybridized carbons (Fsp3) is 0.280. The van der Waals surface area contributed by atoms with E-state index in [-0.39, 0.29) is 49.8 Å². The smallest absolute Gasteiger partial charge is 0.254 e. The molecule has 36 heavy (non-hydrogen) atoms. The minimum Gasteiger partial charge on any atom is -0.399 e. The highest BCUT2D eigenvalue weighted by Gasteiger charge is 2.38. The molecule has 0 saturated carbocycles. The maximum Gasteiger partial charge on any atom is 0.254 e. The molecule has 0 unspecified atom stereocenters. The average molecular weight is 489 g/mol. The van der Waals surface area contributed by atoms with E-state index in [0.29, 0.717) is 23.5 Å². The number of imide groups is 1. The number of carbonyl (C=O) groups is 3. The van der Waals surface area contributed by atoms with Crippen molar-refractivity contribution in [1.29, 1.82) is 0 Å². The molecule has 2 aliphatic heterocycles. The summed E-state index contributed by atoms with van der Waals surface area (Å²) in [5.41, 5.74) is 3.29. The zero-order chi connectivity index (χ0) is 25.1. The second-order valence-electron chi connectivity index (χ2n) is 8.60. The predicted molar refractivity (Wildman–Crippen MR) is 127 cm³/mol. The number of oxime groups is 1. The predicted octanol–water partition coefficient (Wildman–Crippen LogP) is 1.78. The first-order chi connectivity index (χ1) is 17.5. The Morgan fingerprint density at radius 1 is 1.06 bits per heavy atom. The van der Waals surface area contributed by atoms with Crippen LogP contribution in [0.2, 0.25) is 0 Å². The van der Waals surface area contributed by atoms with Crippen molar-refractivity contribution in [3.8, 4) is 11.1 Å². The Kier molecular flexibility index (Phi) is 6.54. The lowest BCUT2D eigenvalue weighted by molar-refractivity contribution is -0.136. The van der Waals surface area contributed by atoms with Gasteiger partial charge in [0.15, 0.2) is 5.82 Å². The third-order valence-corrected chi connectivity index (χ3v) is 6.03. The number of hydrogen-bond donors (Lipinski definition) is 1. The number of rotatable bonds is 6. The largest absolute Gasteiger partial charge is 0.399 e. The quantitative estimate of drug-likeness (QED) is 0.411. The molecule has 1 aromatic heterocycles. The van der Waals surface area contributed by atoms with Crippen LogP contribution in [0.5, 0.6) is 0 Å². The van der Waals surface area contributed by atoms with E-state index in [0.717, 1.165) is 11.1 Å². The third kappa shape index (κ3) is 5.01. The molecule has 184 valence electrons. The number of benzene rings is 2. The number of nitrogens with zero attached hydrogens (tertiary/aromatic N) is 5. The van der Waals surface area contributed by atoms with Gasteiger partial charge in [0.2, 0.25) is 17.7 Å². The van der Waals surface area contributed by atoms with Crippen LogP contribution in [0.4, 0.5) is 0 Å². The molecule has 3 heterocycles. The Balaban J connectivity index is 1.34. The molecule has 0 spiro atoms. The van der Waals surface area contributed by atoms with Gasteiger partial charge in [-0.1, -0.05) is 52.8 Å². The fourth-order valence-electron chi connectivity index (χ4n) is 4.41. The Bertz CT molecular complexity index is 1290. The number of nitrogens with one attached hydrogen (secondary N) is 1. The van der Waals surface area contributed by atoms with Gasteiger partial charge in [-0.25, -0.2) is 0 Å². The van der Waals surface area contributed by atoms with Gasteiger partial charge in [0.25, 0.3) is 5.91 Å². The Labute approximate surface area is 206 Å². The van der Waals surface area contributed by atoms with Crippen molar-refractivity contribution in [3.63, 3.8) is 0 Å². The Morgan fingerprint density at radius 2 is 1.75 bits per heavy atom. The first kappa shape index (κ1) is 23.4. The maximum absolute atomic E-state index is 13.5. The SMILES string of the molecule is CO/N=C1/C[C@@H](c2noc(CN3CC(=O)NC(=O)C3)n2)N(C(=O)c2ccc(-c3ccccc3)cc2)C1. The third-order valence-electron chi connectivity index (χ3n) is 6.03. The highest BCUT2D eigenvalue weighted by atomic mass is 16.6. The van der Waals surface area contributed by atoms with Crippen LogP contribution >= 0.6 is 0 Å². The average Bonchev–Trinajstić information content (AvgIpc) is 3.51. The summed E-state index contributed by atoms with van der Waals surface area (Å²) in [6.07, 6.45) is 0.394. The van der Waals surface area contributed by atoms with Gasteiger partial charge >= 0.3 is 0 Å². The zero-order valence-electron chi connectivity index (χ0n) is 19.6. The second-order valence-corrected chi connectivity index (χ2v) is 8.60. The fourth-order valence-corrected chi connectivity index (χ4v) is 4.41. The molecular weight excluding hydrogens is 464 g/mol. The summed E-state index contributed by atoms with van der Waals surface area (Å²) in [5, 5.41) is 10.4. The van der Waals surface area contributed by atoms with Gasteiger partial charge in [-0.05, 0) is 23.3 Å². The van der Waals surface area contributed by atoms with Gasteiger partial charge in [-0.2, -0.15) is 4.98 Å². The first-order valence-corrected chi connectivity index (χ1v) is 11.4. The van der Waals surface area contributed by atoms with Crippen LogP contribution in [0, 0.1) is 0 Å². The highest BCUT2D eigenvalue weighted by molar-refractivity contribution is 6.01. The van der Waals surface area contributed by atoms with Crippen LogP contribution in [0.25, 0.3) is 11.1 Å². The number of aromatic nitrogens is 2. The lowest BCUT2D eigenvalue weighted by atomic mass is 10.0. The van der Waals surface area contributed by atoms with Gasteiger partial charge in [0, 0.05) is 12.0 Å². The monoisotopic (exact) mass is 488 g/mol. The van der Waals surface area contributed by atoms with Crippen LogP contribution in [-0.2, 0) is 21.0 Å². The van der Waals surface area contributed by atoms with Gasteiger partial charge in [0.05, 0.1) is 31.9 Å². The van der Waals surface area contributed by atoms with Crippen molar-refractivity contribution in [3.05, 3.63) is 71.9 Å². The van der Waals surface area contributed by atoms with Crippen molar-refractivity contribution >= 4 is 23.4 Å². The Morgan fingerprint density at radius 3 is 2.44 bits per heavy atom. The standard InChI is InChI=1S/C25H24N6O5/c1-35-28-19-11-20(24-27-23(36-29-24)15-30-13-21(32)26-22(33)14-30)31(12-19)25(34)18-9-7-17(8-10-18)16-5-3-2-4-6-16/h2-10,20H,11-15H2,1H3,(H,26,32,33)/b28-19-/t20-/m0/s1. The Hall–Kier alpha value is -4.38. The number of amides is 3. The van der Waals surface area contributed by atoms with Crippen LogP contribution in [0.1, 0.15) is 34.5 Å². The molecule has 11 heteroatoms. The highest BCUT2D eigenvalue weighted by Crippen LogP contribution is 2.31. The van der Waals surface area contributed by atoms with Gasteiger partial charge in [-0.3, -0.25) is 24.6 Å². The molecule has 0 bridgehead atoms. The first-order valence-electron chi connectivity index (χ1n) is 11.4. The van der Waals surface area contributed by atoms with Crippen molar-refractivity contribution < 1.29 is 23.7 Å². The van der Waals surface area contributed by atoms with E-state index in [9.17, 15) is 14.4 Å². The van der Waals surface area contributed by atoms with Crippen molar-refractivity contribution in [2.75, 3.05) is 26.7 Å². The summed E-state index contributed by atoms with van der Waals surface area (Å²) >= 11 is 0. The number of hydrogen-bond acceptors (Lipinski definition) is 9. The van der Waals surface area contributed by atoms with E-state index in [1.165, 1.54) is 7.11 Å². The molecule has 2 aromatic carbocycles. The minimum absolute atomic E-state index is 0.0567. The molecule has 2 aliphatic rings. The summed E-state index contributed by atoms with van der Waals surface area (Å²) in [7, 11) is 1.46. The van der Waals surface area contributed by atoms with Crippen molar-refractivity contribution in [1.82, 2.24) is 25.3 Å². The lowest BCUT2D eigenvalue weighted by Gasteiger charge is -2.23. The van der Waals surface area contributed by atoms with Crippen LogP contribution < -0.4 is 5.32 Å². The number of piperazine rings is 1. The zero-order valence-corrected chi connectivity index (χ0v) is 19.6. The van der Waals surface area contributed by atoms with E-state index >= 15 is 0 Å². The molecule has 1 atom stereocenters. The molecule has 1 N–H and O–H groups in total. The second kappa shape index (κ2) is 10.1. The van der Waals surface area contributed by atoms with E-state index in [1.807, 2.05) is 42.5 Å². The molecule has 0 aliphatic carbocycles.